The van der Waals surface area contributed by atoms with Gasteiger partial charge in [-0.25, -0.2) is 0 Å². The summed E-state index contributed by atoms with van der Waals surface area (Å²) in [5.74, 6) is 1.28. The number of halogens is 1. The molecule has 0 amide bonds. The average Bonchev–Trinajstić information content (AvgIpc) is 2.47. The second-order valence-corrected chi connectivity index (χ2v) is 5.95. The molecule has 2 radical (unpaired) electrons. The van der Waals surface area contributed by atoms with Gasteiger partial charge in [0, 0.05) is 114 Å². The Bertz CT molecular complexity index is 897. The number of rotatable bonds is 0. The largest absolute Gasteiger partial charge is 0.508 e. The van der Waals surface area contributed by atoms with Gasteiger partial charge in [0.05, 0.1) is 0 Å². The molecule has 0 aromatic heterocycles. The Morgan fingerprint density at radius 2 is 1.52 bits per heavy atom. The first-order chi connectivity index (χ1) is 10.1. The van der Waals surface area contributed by atoms with Crippen molar-refractivity contribution in [2.75, 3.05) is 0 Å². The van der Waals surface area contributed by atoms with Crippen molar-refractivity contribution in [2.45, 2.75) is 6.61 Å². The van der Waals surface area contributed by atoms with Crippen LogP contribution in [0.2, 0.25) is 0 Å². The monoisotopic (exact) mass is 796 g/mol. The van der Waals surface area contributed by atoms with Gasteiger partial charge in [0.25, 0.3) is 0 Å². The molecule has 3 nitrogen and oxygen atoms in total. The molecule has 0 saturated heterocycles. The first-order valence-electron chi connectivity index (χ1n) is 6.54. The van der Waals surface area contributed by atoms with Crippen LogP contribution in [-0.2, 0) is 6.61 Å². The van der Waals surface area contributed by atoms with E-state index in [0.717, 1.165) is 37.7 Å². The summed E-state index contributed by atoms with van der Waals surface area (Å²) in [7, 11) is 0. The number of hydrogen-bond acceptors (Lipinski definition) is 3. The van der Waals surface area contributed by atoms with E-state index >= 15 is 0 Å². The zero-order valence-corrected chi connectivity index (χ0v) is 23.2. The Morgan fingerprint density at radius 3 is 2.30 bits per heavy atom. The first kappa shape index (κ1) is 20.0. The molecule has 3 aromatic rings. The molecule has 110 valence electrons. The van der Waals surface area contributed by atoms with Gasteiger partial charge in [0.1, 0.15) is 23.9 Å². The normalized spacial score (nSPS) is 11.5. The minimum absolute atomic E-state index is 0. The van der Waals surface area contributed by atoms with Crippen LogP contribution in [0.3, 0.4) is 0 Å². The third kappa shape index (κ3) is 3.63. The molecular weight excluding hydrogens is 786 g/mol. The molecule has 0 fully saturated rings. The third-order valence-electron chi connectivity index (χ3n) is 3.77. The summed E-state index contributed by atoms with van der Waals surface area (Å²) in [6, 6.07) is 12.5. The zero-order valence-electron chi connectivity index (χ0n) is 12.1. The molecule has 1 heterocycles. The van der Waals surface area contributed by atoms with Gasteiger partial charge < -0.3 is 14.9 Å². The Morgan fingerprint density at radius 1 is 0.826 bits per heavy atom. The Hall–Kier alpha value is 0.683. The van der Waals surface area contributed by atoms with E-state index in [0.29, 0.717) is 6.61 Å². The second kappa shape index (κ2) is 7.93. The number of phenols is 2. The van der Waals surface area contributed by atoms with E-state index < -0.39 is 0 Å². The first-order valence-corrected chi connectivity index (χ1v) is 7.33. The zero-order chi connectivity index (χ0) is 14.6. The van der Waals surface area contributed by atoms with Gasteiger partial charge in [-0.05, 0) is 42.0 Å². The van der Waals surface area contributed by atoms with Gasteiger partial charge in [-0.3, -0.25) is 0 Å². The molecule has 1 aliphatic rings. The van der Waals surface area contributed by atoms with Crippen molar-refractivity contribution in [3.05, 3.63) is 52.5 Å². The maximum atomic E-state index is 9.66. The molecule has 1 aliphatic heterocycles. The summed E-state index contributed by atoms with van der Waals surface area (Å²) in [6.45, 7) is 0.425. The molecule has 4 rings (SSSR count). The van der Waals surface area contributed by atoms with Crippen LogP contribution < -0.4 is 4.74 Å². The fraction of sp³-hybridized carbons (Fsp3) is 0.0588. The molecule has 6 heteroatoms. The molecule has 0 aliphatic carbocycles. The number of ether oxygens (including phenoxy) is 1. The molecule has 0 bridgehead atoms. The van der Waals surface area contributed by atoms with Crippen LogP contribution in [0.1, 0.15) is 5.56 Å². The fourth-order valence-electron chi connectivity index (χ4n) is 2.81. The Kier molecular flexibility index (Phi) is 6.89. The van der Waals surface area contributed by atoms with Gasteiger partial charge in [-0.2, -0.15) is 0 Å². The van der Waals surface area contributed by atoms with E-state index in [2.05, 4.69) is 15.9 Å². The van der Waals surface area contributed by atoms with Crippen molar-refractivity contribution in [2.24, 2.45) is 0 Å². The molecule has 3 aromatic carbocycles. The Balaban J connectivity index is 0.000000960. The van der Waals surface area contributed by atoms with Crippen LogP contribution in [0, 0.1) is 88.1 Å². The number of benzene rings is 3. The van der Waals surface area contributed by atoms with Crippen molar-refractivity contribution in [1.29, 1.82) is 0 Å². The SMILES string of the molecule is Oc1ccc2c(c1)COc1c-2cc(Br)c2cc(O)ccc12.[Ac].[Ac]. The predicted molar refractivity (Wildman–Crippen MR) is 84.7 cm³/mol. The van der Waals surface area contributed by atoms with Crippen LogP contribution in [0.25, 0.3) is 21.9 Å². The molecule has 0 unspecified atom stereocenters. The summed E-state index contributed by atoms with van der Waals surface area (Å²) in [6.07, 6.45) is 0. The van der Waals surface area contributed by atoms with Gasteiger partial charge in [0.2, 0.25) is 0 Å². The van der Waals surface area contributed by atoms with Crippen LogP contribution in [0.4, 0.5) is 0 Å². The van der Waals surface area contributed by atoms with Crippen LogP contribution in [0.5, 0.6) is 17.2 Å². The maximum absolute atomic E-state index is 9.66. The van der Waals surface area contributed by atoms with Crippen molar-refractivity contribution in [3.63, 3.8) is 0 Å². The summed E-state index contributed by atoms with van der Waals surface area (Å²) >= 11 is 3.56. The van der Waals surface area contributed by atoms with Gasteiger partial charge >= 0.3 is 0 Å². The van der Waals surface area contributed by atoms with E-state index in [4.69, 9.17) is 4.74 Å². The van der Waals surface area contributed by atoms with Crippen LogP contribution in [-0.4, -0.2) is 10.2 Å². The number of aromatic hydroxyl groups is 2. The summed E-state index contributed by atoms with van der Waals surface area (Å²) in [5, 5.41) is 21.1. The van der Waals surface area contributed by atoms with Crippen molar-refractivity contribution in [1.82, 2.24) is 0 Å². The molecule has 2 N–H and O–H groups in total. The van der Waals surface area contributed by atoms with Crippen molar-refractivity contribution < 1.29 is 103 Å². The summed E-state index contributed by atoms with van der Waals surface area (Å²) in [4.78, 5) is 0. The smallest absolute Gasteiger partial charge is 0.135 e. The Labute approximate surface area is 213 Å². The number of fused-ring (bicyclic) bond motifs is 5. The van der Waals surface area contributed by atoms with Crippen LogP contribution in [0.15, 0.2) is 46.9 Å². The number of hydrogen-bond donors (Lipinski definition) is 2. The average molecular weight is 797 g/mol. The van der Waals surface area contributed by atoms with Gasteiger partial charge in [-0.15, -0.1) is 0 Å². The van der Waals surface area contributed by atoms with E-state index in [1.807, 2.05) is 18.2 Å². The predicted octanol–water partition coefficient (Wildman–Crippen LogP) is 4.57. The van der Waals surface area contributed by atoms with Crippen molar-refractivity contribution in [3.8, 4) is 28.4 Å². The second-order valence-electron chi connectivity index (χ2n) is 5.10. The van der Waals surface area contributed by atoms with Gasteiger partial charge in [0.15, 0.2) is 0 Å². The standard InChI is InChI=1S/C17H11BrO3.2Ac/c18-16-7-15-12-3-1-10(19)5-9(12)8-21-17(15)13-4-2-11(20)6-14(13)16;;/h1-7,19-20H,8H2;;. The van der Waals surface area contributed by atoms with E-state index in [1.54, 1.807) is 24.3 Å². The molecular formula is C17H11Ac2BrO3. The summed E-state index contributed by atoms with van der Waals surface area (Å²) in [5.41, 5.74) is 3.01. The van der Waals surface area contributed by atoms with E-state index in [1.165, 1.54) is 0 Å². The van der Waals surface area contributed by atoms with E-state index in [-0.39, 0.29) is 99.6 Å². The maximum Gasteiger partial charge on any atom is 0.135 e. The summed E-state index contributed by atoms with van der Waals surface area (Å²) < 4.78 is 6.80. The number of phenolic OH excluding ortho intramolecular Hbond substituents is 2. The third-order valence-corrected chi connectivity index (χ3v) is 4.43. The molecule has 0 spiro atoms. The van der Waals surface area contributed by atoms with Crippen LogP contribution >= 0.6 is 15.9 Å². The minimum Gasteiger partial charge on any atom is -0.508 e. The van der Waals surface area contributed by atoms with Gasteiger partial charge in [-0.1, -0.05) is 22.0 Å². The minimum atomic E-state index is 0. The van der Waals surface area contributed by atoms with E-state index in [9.17, 15) is 10.2 Å². The molecule has 23 heavy (non-hydrogen) atoms. The topological polar surface area (TPSA) is 49.7 Å². The molecule has 0 saturated carbocycles. The molecule has 0 atom stereocenters. The van der Waals surface area contributed by atoms with Crippen molar-refractivity contribution >= 4 is 26.7 Å². The quantitative estimate of drug-likeness (QED) is 0.351. The fourth-order valence-corrected chi connectivity index (χ4v) is 3.37.